The van der Waals surface area contributed by atoms with Crippen LogP contribution in [0.1, 0.15) is 12.8 Å². The van der Waals surface area contributed by atoms with E-state index >= 15 is 0 Å². The lowest BCUT2D eigenvalue weighted by Gasteiger charge is -2.08. The maximum absolute atomic E-state index is 13.1. The summed E-state index contributed by atoms with van der Waals surface area (Å²) < 4.78 is 19.1. The number of hydrogen-bond acceptors (Lipinski definition) is 3. The zero-order chi connectivity index (χ0) is 12.8. The number of nitrogens with zero attached hydrogens (tertiary/aromatic N) is 1. The molecule has 0 aliphatic rings. The zero-order valence-electron chi connectivity index (χ0n) is 8.79. The topological polar surface area (TPSA) is 67.8 Å². The Morgan fingerprint density at radius 1 is 1.59 bits per heavy atom. The number of oxime groups is 1. The molecule has 0 aliphatic carbocycles. The number of halogens is 3. The van der Waals surface area contributed by atoms with E-state index in [1.807, 2.05) is 0 Å². The Labute approximate surface area is 111 Å². The van der Waals surface area contributed by atoms with Gasteiger partial charge in [0.1, 0.15) is 17.4 Å². The molecule has 1 rings (SSSR count). The second-order valence-electron chi connectivity index (χ2n) is 3.24. The average molecular weight is 326 g/mol. The molecule has 0 aliphatic heterocycles. The van der Waals surface area contributed by atoms with E-state index in [2.05, 4.69) is 21.1 Å². The second kappa shape index (κ2) is 6.66. The van der Waals surface area contributed by atoms with Gasteiger partial charge in [-0.2, -0.15) is 0 Å². The minimum absolute atomic E-state index is 0.0286. The average Bonchev–Trinajstić information content (AvgIpc) is 2.30. The number of amidine groups is 1. The lowest BCUT2D eigenvalue weighted by molar-refractivity contribution is 0.303. The number of nitrogens with two attached hydrogens (primary N) is 1. The lowest BCUT2D eigenvalue weighted by atomic mass is 10.3. The number of hydrogen-bond donors (Lipinski definition) is 2. The van der Waals surface area contributed by atoms with Gasteiger partial charge in [-0.25, -0.2) is 4.39 Å². The number of benzene rings is 1. The smallest absolute Gasteiger partial charge is 0.145 e. The highest BCUT2D eigenvalue weighted by molar-refractivity contribution is 9.10. The SMILES string of the molecule is N/C(CCCOc1cc(F)c(Cl)cc1Br)=N/O. The molecular formula is C10H11BrClFN2O2. The minimum atomic E-state index is -0.540. The van der Waals surface area contributed by atoms with Crippen LogP contribution in [-0.2, 0) is 0 Å². The summed E-state index contributed by atoms with van der Waals surface area (Å²) in [7, 11) is 0. The van der Waals surface area contributed by atoms with Crippen molar-refractivity contribution in [1.82, 2.24) is 0 Å². The molecule has 0 spiro atoms. The van der Waals surface area contributed by atoms with E-state index in [1.54, 1.807) is 0 Å². The van der Waals surface area contributed by atoms with Gasteiger partial charge in [0.05, 0.1) is 16.1 Å². The van der Waals surface area contributed by atoms with Crippen LogP contribution < -0.4 is 10.5 Å². The van der Waals surface area contributed by atoms with Gasteiger partial charge in [-0.1, -0.05) is 16.8 Å². The van der Waals surface area contributed by atoms with Crippen molar-refractivity contribution in [2.75, 3.05) is 6.61 Å². The summed E-state index contributed by atoms with van der Waals surface area (Å²) in [6.45, 7) is 0.329. The molecule has 0 saturated carbocycles. The summed E-state index contributed by atoms with van der Waals surface area (Å²) >= 11 is 8.80. The summed E-state index contributed by atoms with van der Waals surface area (Å²) in [6.07, 6.45) is 0.969. The monoisotopic (exact) mass is 324 g/mol. The van der Waals surface area contributed by atoms with Crippen molar-refractivity contribution < 1.29 is 14.3 Å². The van der Waals surface area contributed by atoms with E-state index in [9.17, 15) is 4.39 Å². The fraction of sp³-hybridized carbons (Fsp3) is 0.300. The molecular weight excluding hydrogens is 314 g/mol. The summed E-state index contributed by atoms with van der Waals surface area (Å²) in [6, 6.07) is 2.63. The van der Waals surface area contributed by atoms with Gasteiger partial charge >= 0.3 is 0 Å². The molecule has 3 N–H and O–H groups in total. The molecule has 0 saturated heterocycles. The van der Waals surface area contributed by atoms with E-state index in [1.165, 1.54) is 12.1 Å². The molecule has 4 nitrogen and oxygen atoms in total. The first-order valence-corrected chi connectivity index (χ1v) is 5.95. The van der Waals surface area contributed by atoms with Gasteiger partial charge in [-0.3, -0.25) is 0 Å². The van der Waals surface area contributed by atoms with Crippen LogP contribution in [0.15, 0.2) is 21.8 Å². The fourth-order valence-corrected chi connectivity index (χ4v) is 1.85. The third kappa shape index (κ3) is 4.40. The Balaban J connectivity index is 2.50. The number of ether oxygens (including phenoxy) is 1. The van der Waals surface area contributed by atoms with Crippen LogP contribution in [0.2, 0.25) is 5.02 Å². The third-order valence-corrected chi connectivity index (χ3v) is 2.85. The van der Waals surface area contributed by atoms with Crippen molar-refractivity contribution in [1.29, 1.82) is 0 Å². The Hall–Kier alpha value is -1.01. The van der Waals surface area contributed by atoms with E-state index < -0.39 is 5.82 Å². The molecule has 0 heterocycles. The molecule has 17 heavy (non-hydrogen) atoms. The molecule has 1 aromatic carbocycles. The molecule has 0 bridgehead atoms. The minimum Gasteiger partial charge on any atom is -0.492 e. The van der Waals surface area contributed by atoms with Crippen LogP contribution in [-0.4, -0.2) is 17.6 Å². The zero-order valence-corrected chi connectivity index (χ0v) is 11.1. The van der Waals surface area contributed by atoms with Crippen LogP contribution >= 0.6 is 27.5 Å². The van der Waals surface area contributed by atoms with E-state index in [-0.39, 0.29) is 10.9 Å². The predicted octanol–water partition coefficient (Wildman–Crippen LogP) is 3.15. The second-order valence-corrected chi connectivity index (χ2v) is 4.50. The van der Waals surface area contributed by atoms with Crippen LogP contribution in [0.3, 0.4) is 0 Å². The van der Waals surface area contributed by atoms with Gasteiger partial charge in [-0.05, 0) is 28.4 Å². The molecule has 0 aromatic heterocycles. The number of rotatable bonds is 5. The van der Waals surface area contributed by atoms with Gasteiger partial charge in [-0.15, -0.1) is 0 Å². The predicted molar refractivity (Wildman–Crippen MR) is 67.2 cm³/mol. The van der Waals surface area contributed by atoms with Crippen molar-refractivity contribution in [2.45, 2.75) is 12.8 Å². The standard InChI is InChI=1S/C10H11BrClFN2O2/c11-6-4-7(12)8(13)5-9(6)17-3-1-2-10(14)15-16/h4-5,16H,1-3H2,(H2,14,15). The van der Waals surface area contributed by atoms with E-state index in [0.717, 1.165) is 0 Å². The Bertz CT molecular complexity index is 429. The molecule has 7 heteroatoms. The first-order valence-electron chi connectivity index (χ1n) is 4.78. The highest BCUT2D eigenvalue weighted by Crippen LogP contribution is 2.30. The molecule has 0 radical (unpaired) electrons. The molecule has 94 valence electrons. The van der Waals surface area contributed by atoms with E-state index in [0.29, 0.717) is 29.7 Å². The summed E-state index contributed by atoms with van der Waals surface area (Å²) in [5, 5.41) is 11.2. The van der Waals surface area contributed by atoms with Gasteiger partial charge in [0.2, 0.25) is 0 Å². The van der Waals surface area contributed by atoms with Crippen molar-refractivity contribution >= 4 is 33.4 Å². The molecule has 0 atom stereocenters. The highest BCUT2D eigenvalue weighted by Gasteiger charge is 2.07. The van der Waals surface area contributed by atoms with Crippen molar-refractivity contribution in [3.63, 3.8) is 0 Å². The van der Waals surface area contributed by atoms with Crippen LogP contribution in [0.5, 0.6) is 5.75 Å². The van der Waals surface area contributed by atoms with Gasteiger partial charge in [0.15, 0.2) is 0 Å². The highest BCUT2D eigenvalue weighted by atomic mass is 79.9. The Morgan fingerprint density at radius 2 is 2.29 bits per heavy atom. The molecule has 1 aromatic rings. The summed E-state index contributed by atoms with van der Waals surface area (Å²) in [4.78, 5) is 0. The molecule has 0 fully saturated rings. The Kier molecular flexibility index (Phi) is 5.50. The van der Waals surface area contributed by atoms with Crippen molar-refractivity contribution in [2.24, 2.45) is 10.9 Å². The first-order chi connectivity index (χ1) is 8.04. The normalized spacial score (nSPS) is 11.6. The largest absolute Gasteiger partial charge is 0.492 e. The van der Waals surface area contributed by atoms with Gasteiger partial charge in [0.25, 0.3) is 0 Å². The lowest BCUT2D eigenvalue weighted by Crippen LogP contribution is -2.12. The Morgan fingerprint density at radius 3 is 2.94 bits per heavy atom. The van der Waals surface area contributed by atoms with Crippen molar-refractivity contribution in [3.8, 4) is 5.75 Å². The van der Waals surface area contributed by atoms with Crippen LogP contribution in [0.25, 0.3) is 0 Å². The summed E-state index contributed by atoms with van der Waals surface area (Å²) in [5.74, 6) is -0.0392. The van der Waals surface area contributed by atoms with Crippen LogP contribution in [0.4, 0.5) is 4.39 Å². The third-order valence-electron chi connectivity index (χ3n) is 1.94. The maximum Gasteiger partial charge on any atom is 0.145 e. The van der Waals surface area contributed by atoms with Crippen LogP contribution in [0, 0.1) is 5.82 Å². The molecule has 0 unspecified atom stereocenters. The maximum atomic E-state index is 13.1. The fourth-order valence-electron chi connectivity index (χ4n) is 1.10. The van der Waals surface area contributed by atoms with Gasteiger partial charge in [0, 0.05) is 12.5 Å². The summed E-state index contributed by atoms with van der Waals surface area (Å²) in [5.41, 5.74) is 5.28. The quantitative estimate of drug-likeness (QED) is 0.218. The molecule has 0 amide bonds. The van der Waals surface area contributed by atoms with Gasteiger partial charge < -0.3 is 15.7 Å². The first kappa shape index (κ1) is 14.1. The van der Waals surface area contributed by atoms with Crippen molar-refractivity contribution in [3.05, 3.63) is 27.4 Å². The van der Waals surface area contributed by atoms with E-state index in [4.69, 9.17) is 27.3 Å².